The van der Waals surface area contributed by atoms with E-state index in [1.54, 1.807) is 23.1 Å². The number of carbonyl (C=O) groups is 2. The monoisotopic (exact) mass is 464 g/mol. The zero-order valence-electron chi connectivity index (χ0n) is 19.5. The number of fused-ring (bicyclic) bond motifs is 1. The number of aromatic nitrogens is 2. The fourth-order valence-corrected chi connectivity index (χ4v) is 5.14. The van der Waals surface area contributed by atoms with Crippen molar-refractivity contribution in [3.8, 4) is 0 Å². The Morgan fingerprint density at radius 3 is 2.68 bits per heavy atom. The first-order valence-corrected chi connectivity index (χ1v) is 11.8. The molecule has 1 saturated heterocycles. The largest absolute Gasteiger partial charge is 0.375 e. The van der Waals surface area contributed by atoms with Crippen molar-refractivity contribution in [3.63, 3.8) is 0 Å². The molecular formula is C26H29FN4O3. The SMILES string of the molecule is COCC(=O)Nc1cc(C(=O)N2CCC(c3ccccc3F)C2)c2c(c1)nc(C1CCC1)n2C. The van der Waals surface area contributed by atoms with Gasteiger partial charge in [0.05, 0.1) is 16.6 Å². The maximum atomic E-state index is 14.3. The van der Waals surface area contributed by atoms with Crippen LogP contribution < -0.4 is 5.32 Å². The highest BCUT2D eigenvalue weighted by atomic mass is 19.1. The van der Waals surface area contributed by atoms with Crippen LogP contribution in [-0.2, 0) is 16.6 Å². The number of amides is 2. The lowest BCUT2D eigenvalue weighted by molar-refractivity contribution is -0.119. The van der Waals surface area contributed by atoms with E-state index in [1.807, 2.05) is 23.7 Å². The van der Waals surface area contributed by atoms with Crippen molar-refractivity contribution in [1.29, 1.82) is 0 Å². The zero-order chi connectivity index (χ0) is 23.8. The predicted octanol–water partition coefficient (Wildman–Crippen LogP) is 4.19. The van der Waals surface area contributed by atoms with Gasteiger partial charge in [0.1, 0.15) is 18.2 Å². The third-order valence-corrected chi connectivity index (χ3v) is 7.08. The van der Waals surface area contributed by atoms with Gasteiger partial charge < -0.3 is 19.5 Å². The molecule has 2 heterocycles. The van der Waals surface area contributed by atoms with E-state index in [0.29, 0.717) is 47.8 Å². The van der Waals surface area contributed by atoms with E-state index in [-0.39, 0.29) is 30.2 Å². The van der Waals surface area contributed by atoms with Gasteiger partial charge in [-0.3, -0.25) is 9.59 Å². The summed E-state index contributed by atoms with van der Waals surface area (Å²) in [7, 11) is 3.41. The highest BCUT2D eigenvalue weighted by Gasteiger charge is 2.32. The quantitative estimate of drug-likeness (QED) is 0.593. The number of benzene rings is 2. The molecule has 2 aromatic carbocycles. The van der Waals surface area contributed by atoms with Crippen LogP contribution in [0.3, 0.4) is 0 Å². The Morgan fingerprint density at radius 2 is 1.97 bits per heavy atom. The molecule has 0 bridgehead atoms. The number of likely N-dealkylation sites (tertiary alicyclic amines) is 1. The number of methoxy groups -OCH3 is 1. The number of carbonyl (C=O) groups excluding carboxylic acids is 2. The second kappa shape index (κ2) is 9.18. The van der Waals surface area contributed by atoms with E-state index in [2.05, 4.69) is 5.32 Å². The molecule has 1 saturated carbocycles. The first-order chi connectivity index (χ1) is 16.5. The fourth-order valence-electron chi connectivity index (χ4n) is 5.14. The van der Waals surface area contributed by atoms with Crippen LogP contribution in [0.25, 0.3) is 11.0 Å². The number of hydrogen-bond acceptors (Lipinski definition) is 4. The van der Waals surface area contributed by atoms with Crippen molar-refractivity contribution in [2.75, 3.05) is 32.1 Å². The molecule has 0 radical (unpaired) electrons. The van der Waals surface area contributed by atoms with Gasteiger partial charge in [-0.2, -0.15) is 0 Å². The van der Waals surface area contributed by atoms with Gasteiger partial charge >= 0.3 is 0 Å². The van der Waals surface area contributed by atoms with Crippen LogP contribution in [0.4, 0.5) is 10.1 Å². The molecule has 5 rings (SSSR count). The standard InChI is InChI=1S/C26H29FN4O3/c1-30-24-20(26(33)31-11-10-17(14-31)19-8-3-4-9-21(19)27)12-18(28-23(32)15-34-2)13-22(24)29-25(30)16-6-5-7-16/h3-4,8-9,12-13,16-17H,5-7,10-11,14-15H2,1-2H3,(H,28,32). The summed E-state index contributed by atoms with van der Waals surface area (Å²) in [5.41, 5.74) is 3.12. The van der Waals surface area contributed by atoms with Crippen LogP contribution in [0.2, 0.25) is 0 Å². The minimum atomic E-state index is -0.295. The maximum Gasteiger partial charge on any atom is 0.256 e. The molecule has 1 aliphatic heterocycles. The summed E-state index contributed by atoms with van der Waals surface area (Å²) in [4.78, 5) is 32.5. The lowest BCUT2D eigenvalue weighted by Crippen LogP contribution is -2.29. The van der Waals surface area contributed by atoms with Crippen LogP contribution in [0.5, 0.6) is 0 Å². The Bertz CT molecular complexity index is 1250. The maximum absolute atomic E-state index is 14.3. The van der Waals surface area contributed by atoms with Crippen molar-refractivity contribution in [2.45, 2.75) is 37.5 Å². The molecule has 8 heteroatoms. The molecule has 1 aliphatic carbocycles. The Morgan fingerprint density at radius 1 is 1.18 bits per heavy atom. The molecule has 0 spiro atoms. The molecule has 178 valence electrons. The Kier molecular flexibility index (Phi) is 6.08. The van der Waals surface area contributed by atoms with Gasteiger partial charge in [0.2, 0.25) is 5.91 Å². The Balaban J connectivity index is 1.50. The van der Waals surface area contributed by atoms with E-state index in [9.17, 15) is 14.0 Å². The average Bonchev–Trinajstić information content (AvgIpc) is 3.38. The van der Waals surface area contributed by atoms with Gasteiger partial charge in [0.25, 0.3) is 5.91 Å². The fraction of sp³-hybridized carbons (Fsp3) is 0.423. The Hall–Kier alpha value is -3.26. The smallest absolute Gasteiger partial charge is 0.256 e. The summed E-state index contributed by atoms with van der Waals surface area (Å²) in [5.74, 6) is 0.669. The van der Waals surface area contributed by atoms with Crippen molar-refractivity contribution < 1.29 is 18.7 Å². The van der Waals surface area contributed by atoms with Gasteiger partial charge in [-0.25, -0.2) is 9.37 Å². The Labute approximate surface area is 197 Å². The van der Waals surface area contributed by atoms with Crippen LogP contribution in [-0.4, -0.2) is 53.1 Å². The van der Waals surface area contributed by atoms with Gasteiger partial charge in [0.15, 0.2) is 0 Å². The van der Waals surface area contributed by atoms with Gasteiger partial charge in [-0.05, 0) is 43.0 Å². The first kappa shape index (κ1) is 22.5. The average molecular weight is 465 g/mol. The van der Waals surface area contributed by atoms with Gasteiger partial charge in [-0.15, -0.1) is 0 Å². The van der Waals surface area contributed by atoms with Crippen LogP contribution in [0.15, 0.2) is 36.4 Å². The van der Waals surface area contributed by atoms with Gasteiger partial charge in [-0.1, -0.05) is 24.6 Å². The van der Waals surface area contributed by atoms with E-state index in [0.717, 1.165) is 24.2 Å². The second-order valence-electron chi connectivity index (χ2n) is 9.29. The summed E-state index contributed by atoms with van der Waals surface area (Å²) in [6.45, 7) is 0.926. The number of halogens is 1. The first-order valence-electron chi connectivity index (χ1n) is 11.8. The molecule has 2 aliphatic rings. The molecule has 3 aromatic rings. The number of nitrogens with zero attached hydrogens (tertiary/aromatic N) is 3. The lowest BCUT2D eigenvalue weighted by atomic mass is 9.85. The topological polar surface area (TPSA) is 76.5 Å². The zero-order valence-corrected chi connectivity index (χ0v) is 19.5. The summed E-state index contributed by atoms with van der Waals surface area (Å²) in [6, 6.07) is 10.3. The molecule has 1 N–H and O–H groups in total. The number of anilines is 1. The summed E-state index contributed by atoms with van der Waals surface area (Å²) >= 11 is 0. The van der Waals surface area contributed by atoms with E-state index < -0.39 is 0 Å². The number of ether oxygens (including phenoxy) is 1. The number of imidazole rings is 1. The van der Waals surface area contributed by atoms with Crippen LogP contribution in [0.1, 0.15) is 59.3 Å². The summed E-state index contributed by atoms with van der Waals surface area (Å²) in [6.07, 6.45) is 4.07. The molecule has 1 atom stereocenters. The normalized spacial score (nSPS) is 18.3. The minimum absolute atomic E-state index is 0.0395. The highest BCUT2D eigenvalue weighted by Crippen LogP contribution is 2.38. The third kappa shape index (κ3) is 4.07. The number of rotatable bonds is 6. The third-order valence-electron chi connectivity index (χ3n) is 7.08. The summed E-state index contributed by atoms with van der Waals surface area (Å²) in [5, 5.41) is 2.82. The molecule has 2 fully saturated rings. The van der Waals surface area contributed by atoms with Crippen LogP contribution >= 0.6 is 0 Å². The number of aryl methyl sites for hydroxylation is 1. The van der Waals surface area contributed by atoms with Crippen molar-refractivity contribution >= 4 is 28.5 Å². The molecule has 1 unspecified atom stereocenters. The number of hydrogen-bond donors (Lipinski definition) is 1. The molecule has 2 amide bonds. The second-order valence-corrected chi connectivity index (χ2v) is 9.29. The van der Waals surface area contributed by atoms with Gasteiger partial charge in [0, 0.05) is 44.8 Å². The van der Waals surface area contributed by atoms with Crippen molar-refractivity contribution in [2.24, 2.45) is 7.05 Å². The predicted molar refractivity (Wildman–Crippen MR) is 127 cm³/mol. The molecule has 1 aromatic heterocycles. The van der Waals surface area contributed by atoms with Crippen LogP contribution in [0, 0.1) is 5.82 Å². The highest BCUT2D eigenvalue weighted by molar-refractivity contribution is 6.08. The van der Waals surface area contributed by atoms with E-state index in [4.69, 9.17) is 9.72 Å². The molecule has 7 nitrogen and oxygen atoms in total. The summed E-state index contributed by atoms with van der Waals surface area (Å²) < 4.78 is 21.3. The number of nitrogens with one attached hydrogen (secondary N) is 1. The minimum Gasteiger partial charge on any atom is -0.375 e. The van der Waals surface area contributed by atoms with Crippen molar-refractivity contribution in [1.82, 2.24) is 14.5 Å². The van der Waals surface area contributed by atoms with Crippen molar-refractivity contribution in [3.05, 3.63) is 59.2 Å². The molecular weight excluding hydrogens is 435 g/mol. The lowest BCUT2D eigenvalue weighted by Gasteiger charge is -2.24. The molecule has 34 heavy (non-hydrogen) atoms. The van der Waals surface area contributed by atoms with E-state index in [1.165, 1.54) is 19.6 Å². The van der Waals surface area contributed by atoms with E-state index >= 15 is 0 Å².